The third kappa shape index (κ3) is 5.22. The van der Waals surface area contributed by atoms with Crippen molar-refractivity contribution in [2.75, 3.05) is 32.7 Å². The highest BCUT2D eigenvalue weighted by Gasteiger charge is 2.22. The van der Waals surface area contributed by atoms with Crippen molar-refractivity contribution >= 4 is 33.5 Å². The van der Waals surface area contributed by atoms with Crippen molar-refractivity contribution in [2.45, 2.75) is 12.6 Å². The van der Waals surface area contributed by atoms with Crippen LogP contribution in [0.3, 0.4) is 0 Å². The molecule has 1 aliphatic rings. The molecule has 0 unspecified atom stereocenters. The Bertz CT molecular complexity index is 1260. The molecule has 1 N–H and O–H groups in total. The van der Waals surface area contributed by atoms with Gasteiger partial charge in [-0.05, 0) is 17.0 Å². The number of benzene rings is 1. The monoisotopic (exact) mass is 479 g/mol. The zero-order valence-electron chi connectivity index (χ0n) is 18.1. The number of nitrogens with zero attached hydrogens (tertiary/aromatic N) is 4. The molecular formula is C24H25N5O2S2. The second-order valence-corrected chi connectivity index (χ2v) is 9.97. The van der Waals surface area contributed by atoms with Gasteiger partial charge in [0, 0.05) is 55.2 Å². The predicted molar refractivity (Wildman–Crippen MR) is 132 cm³/mol. The largest absolute Gasteiger partial charge is 0.343 e. The highest BCUT2D eigenvalue weighted by atomic mass is 32.1. The maximum Gasteiger partial charge on any atom is 0.258 e. The summed E-state index contributed by atoms with van der Waals surface area (Å²) in [4.78, 5) is 36.0. The van der Waals surface area contributed by atoms with E-state index < -0.39 is 0 Å². The van der Waals surface area contributed by atoms with E-state index in [9.17, 15) is 9.59 Å². The third-order valence-electron chi connectivity index (χ3n) is 5.84. The summed E-state index contributed by atoms with van der Waals surface area (Å²) in [6, 6.07) is 15.7. The molecule has 3 aromatic heterocycles. The van der Waals surface area contributed by atoms with E-state index in [0.29, 0.717) is 13.1 Å². The molecule has 33 heavy (non-hydrogen) atoms. The van der Waals surface area contributed by atoms with Gasteiger partial charge in [-0.2, -0.15) is 0 Å². The van der Waals surface area contributed by atoms with Crippen LogP contribution in [0, 0.1) is 0 Å². The zero-order valence-corrected chi connectivity index (χ0v) is 19.7. The van der Waals surface area contributed by atoms with Gasteiger partial charge >= 0.3 is 0 Å². The summed E-state index contributed by atoms with van der Waals surface area (Å²) in [6.07, 6.45) is 1.75. The number of piperazine rings is 1. The van der Waals surface area contributed by atoms with Crippen LogP contribution in [0.4, 0.5) is 0 Å². The van der Waals surface area contributed by atoms with Gasteiger partial charge in [-0.3, -0.25) is 23.8 Å². The van der Waals surface area contributed by atoms with Gasteiger partial charge in [0.15, 0.2) is 4.96 Å². The van der Waals surface area contributed by atoms with Gasteiger partial charge in [-0.15, -0.1) is 22.7 Å². The highest BCUT2D eigenvalue weighted by Crippen LogP contribution is 2.25. The van der Waals surface area contributed by atoms with Crippen molar-refractivity contribution in [2.24, 2.45) is 0 Å². The number of carbonyl (C=O) groups excluding carboxylic acids is 1. The van der Waals surface area contributed by atoms with Gasteiger partial charge in [0.1, 0.15) is 0 Å². The van der Waals surface area contributed by atoms with E-state index in [0.717, 1.165) is 47.3 Å². The fourth-order valence-electron chi connectivity index (χ4n) is 4.13. The summed E-state index contributed by atoms with van der Waals surface area (Å²) < 4.78 is 1.57. The summed E-state index contributed by atoms with van der Waals surface area (Å²) in [5.74, 6) is 0.0311. The Morgan fingerprint density at radius 1 is 1.00 bits per heavy atom. The lowest BCUT2D eigenvalue weighted by atomic mass is 10.1. The summed E-state index contributed by atoms with van der Waals surface area (Å²) in [5.41, 5.74) is 1.85. The number of thiophene rings is 1. The number of hydrogen-bond donors (Lipinski definition) is 1. The molecule has 1 aromatic carbocycles. The van der Waals surface area contributed by atoms with E-state index in [-0.39, 0.29) is 17.5 Å². The van der Waals surface area contributed by atoms with Gasteiger partial charge in [0.2, 0.25) is 5.91 Å². The number of rotatable bonds is 7. The molecule has 0 saturated carbocycles. The van der Waals surface area contributed by atoms with Crippen LogP contribution in [-0.2, 0) is 11.3 Å². The van der Waals surface area contributed by atoms with Crippen molar-refractivity contribution in [3.63, 3.8) is 0 Å². The van der Waals surface area contributed by atoms with E-state index >= 15 is 0 Å². The van der Waals surface area contributed by atoms with E-state index in [1.807, 2.05) is 35.0 Å². The molecule has 9 heteroatoms. The molecule has 7 nitrogen and oxygen atoms in total. The zero-order chi connectivity index (χ0) is 22.6. The van der Waals surface area contributed by atoms with Crippen LogP contribution >= 0.6 is 22.7 Å². The minimum Gasteiger partial charge on any atom is -0.343 e. The molecule has 1 atom stereocenters. The van der Waals surface area contributed by atoms with E-state index in [2.05, 4.69) is 38.3 Å². The maximum atomic E-state index is 12.9. The van der Waals surface area contributed by atoms with Crippen molar-refractivity contribution in [1.29, 1.82) is 0 Å². The van der Waals surface area contributed by atoms with Crippen LogP contribution in [0.5, 0.6) is 0 Å². The van der Waals surface area contributed by atoms with Gasteiger partial charge in [0.25, 0.3) is 5.56 Å². The minimum absolute atomic E-state index is 0.0311. The molecule has 170 valence electrons. The molecule has 1 saturated heterocycles. The Labute approximate surface area is 199 Å². The predicted octanol–water partition coefficient (Wildman–Crippen LogP) is 2.84. The summed E-state index contributed by atoms with van der Waals surface area (Å²) in [7, 11) is 0. The fraction of sp³-hybridized carbons (Fsp3) is 0.292. The van der Waals surface area contributed by atoms with Crippen LogP contribution < -0.4 is 10.9 Å². The van der Waals surface area contributed by atoms with Crippen LogP contribution in [0.25, 0.3) is 4.96 Å². The normalized spacial score (nSPS) is 16.1. The molecule has 4 aromatic rings. The second-order valence-electron chi connectivity index (χ2n) is 8.12. The quantitative estimate of drug-likeness (QED) is 0.442. The molecule has 4 heterocycles. The average Bonchev–Trinajstić information content (AvgIpc) is 3.52. The van der Waals surface area contributed by atoms with Crippen molar-refractivity contribution in [3.05, 3.63) is 92.0 Å². The Kier molecular flexibility index (Phi) is 6.63. The van der Waals surface area contributed by atoms with E-state index in [4.69, 9.17) is 0 Å². The first-order valence-electron chi connectivity index (χ1n) is 10.9. The SMILES string of the molecule is O=C(CN1CCN(Cc2cc(=O)n3ccsc3n2)CC1)N[C@H](c1ccccc1)c1cccs1. The second kappa shape index (κ2) is 9.96. The first kappa shape index (κ1) is 22.0. The topological polar surface area (TPSA) is 70.0 Å². The summed E-state index contributed by atoms with van der Waals surface area (Å²) in [6.45, 7) is 4.32. The Morgan fingerprint density at radius 2 is 1.79 bits per heavy atom. The van der Waals surface area contributed by atoms with E-state index in [1.165, 1.54) is 11.3 Å². The molecule has 0 spiro atoms. The van der Waals surface area contributed by atoms with Crippen molar-refractivity contribution in [1.82, 2.24) is 24.5 Å². The van der Waals surface area contributed by atoms with Crippen molar-refractivity contribution < 1.29 is 4.79 Å². The van der Waals surface area contributed by atoms with Crippen LogP contribution in [-0.4, -0.2) is 57.8 Å². The number of thiazole rings is 1. The standard InChI is InChI=1S/C24H25N5O2S2/c30-21(26-23(20-7-4-13-32-20)18-5-2-1-3-6-18)17-28-10-8-27(9-11-28)16-19-15-22(31)29-12-14-33-24(29)25-19/h1-7,12-15,23H,8-11,16-17H2,(H,26,30)/t23-/m1/s1. The highest BCUT2D eigenvalue weighted by molar-refractivity contribution is 7.15. The number of fused-ring (bicyclic) bond motifs is 1. The molecular weight excluding hydrogens is 454 g/mol. The fourth-order valence-corrected chi connectivity index (χ4v) is 5.67. The minimum atomic E-state index is -0.127. The summed E-state index contributed by atoms with van der Waals surface area (Å²) in [5, 5.41) is 7.14. The Hall–Kier alpha value is -2.85. The van der Waals surface area contributed by atoms with Gasteiger partial charge < -0.3 is 5.32 Å². The number of nitrogens with one attached hydrogen (secondary N) is 1. The Morgan fingerprint density at radius 3 is 2.55 bits per heavy atom. The van der Waals surface area contributed by atoms with E-state index in [1.54, 1.807) is 28.0 Å². The van der Waals surface area contributed by atoms with Crippen LogP contribution in [0.2, 0.25) is 0 Å². The number of amides is 1. The molecule has 0 radical (unpaired) electrons. The van der Waals surface area contributed by atoms with Gasteiger partial charge in [0.05, 0.1) is 18.3 Å². The first-order valence-corrected chi connectivity index (χ1v) is 12.7. The smallest absolute Gasteiger partial charge is 0.258 e. The number of carbonyl (C=O) groups is 1. The maximum absolute atomic E-state index is 12.9. The number of hydrogen-bond acceptors (Lipinski definition) is 7. The van der Waals surface area contributed by atoms with Gasteiger partial charge in [-0.1, -0.05) is 36.4 Å². The number of aromatic nitrogens is 2. The molecule has 0 aliphatic carbocycles. The molecule has 1 aliphatic heterocycles. The third-order valence-corrected chi connectivity index (χ3v) is 7.53. The van der Waals surface area contributed by atoms with Crippen LogP contribution in [0.1, 0.15) is 22.2 Å². The lowest BCUT2D eigenvalue weighted by molar-refractivity contribution is -0.123. The molecule has 1 fully saturated rings. The summed E-state index contributed by atoms with van der Waals surface area (Å²) >= 11 is 3.12. The molecule has 5 rings (SSSR count). The lowest BCUT2D eigenvalue weighted by Gasteiger charge is -2.34. The Balaban J connectivity index is 1.16. The van der Waals surface area contributed by atoms with Crippen molar-refractivity contribution in [3.8, 4) is 0 Å². The van der Waals surface area contributed by atoms with Gasteiger partial charge in [-0.25, -0.2) is 4.98 Å². The first-order chi connectivity index (χ1) is 16.2. The molecule has 1 amide bonds. The average molecular weight is 480 g/mol. The lowest BCUT2D eigenvalue weighted by Crippen LogP contribution is -2.49. The molecule has 0 bridgehead atoms. The van der Waals surface area contributed by atoms with Crippen LogP contribution in [0.15, 0.2) is 70.3 Å².